The number of amides is 4. The highest BCUT2D eigenvalue weighted by atomic mass is 16.4. The molecule has 16 heteroatoms. The zero-order valence-electron chi connectivity index (χ0n) is 24.0. The Hall–Kier alpha value is -3.34. The van der Waals surface area contributed by atoms with Crippen molar-refractivity contribution in [1.29, 1.82) is 0 Å². The van der Waals surface area contributed by atoms with Gasteiger partial charge in [-0.3, -0.25) is 24.0 Å². The standard InChI is InChI=1S/C25H46N6O10/c1-5-12(2)18(29-21(36)15(27)9-10-17(34)35)22(37)30-20(14(4)33)24(39)31-19(13(3)32)23(38)28-16(25(40)41)8-6-7-11-26/h12-16,18-20,32-33H,5-11,26-27H2,1-4H3,(H,28,38)(H,29,36)(H,30,37)(H,31,39)(H,34,35)(H,40,41)/t12-,13+,14+,15-,16-,18-,19-,20-/m0/s1. The van der Waals surface area contributed by atoms with Gasteiger partial charge in [-0.05, 0) is 52.0 Å². The third kappa shape index (κ3) is 13.7. The van der Waals surface area contributed by atoms with Crippen molar-refractivity contribution in [2.24, 2.45) is 17.4 Å². The summed E-state index contributed by atoms with van der Waals surface area (Å²) in [5.41, 5.74) is 11.1. The van der Waals surface area contributed by atoms with Gasteiger partial charge in [-0.15, -0.1) is 0 Å². The van der Waals surface area contributed by atoms with Crippen LogP contribution in [0.2, 0.25) is 0 Å². The van der Waals surface area contributed by atoms with E-state index in [1.165, 1.54) is 13.8 Å². The van der Waals surface area contributed by atoms with Crippen molar-refractivity contribution in [2.45, 2.75) is 109 Å². The molecule has 16 nitrogen and oxygen atoms in total. The lowest BCUT2D eigenvalue weighted by molar-refractivity contribution is -0.143. The van der Waals surface area contributed by atoms with Gasteiger partial charge in [0, 0.05) is 6.42 Å². The SMILES string of the molecule is CC[C@H](C)[C@H](NC(=O)[C@@H](N)CCC(=O)O)C(=O)N[C@H](C(=O)N[C@H](C(=O)N[C@@H](CCCCN)C(=O)O)[C@@H](C)O)[C@@H](C)O. The van der Waals surface area contributed by atoms with Crippen LogP contribution in [0.4, 0.5) is 0 Å². The molecule has 0 unspecified atom stereocenters. The van der Waals surface area contributed by atoms with Crippen molar-refractivity contribution in [1.82, 2.24) is 21.3 Å². The average molecular weight is 591 g/mol. The molecule has 0 aromatic carbocycles. The van der Waals surface area contributed by atoms with E-state index >= 15 is 0 Å². The molecule has 0 radical (unpaired) electrons. The number of aliphatic carboxylic acids is 2. The Morgan fingerprint density at radius 1 is 0.707 bits per heavy atom. The quantitative estimate of drug-likeness (QED) is 0.0641. The number of carbonyl (C=O) groups excluding carboxylic acids is 4. The first-order valence-corrected chi connectivity index (χ1v) is 13.5. The molecule has 4 amide bonds. The predicted molar refractivity (Wildman–Crippen MR) is 146 cm³/mol. The second kappa shape index (κ2) is 18.9. The van der Waals surface area contributed by atoms with E-state index in [0.29, 0.717) is 25.8 Å². The first-order chi connectivity index (χ1) is 19.1. The van der Waals surface area contributed by atoms with Crippen LogP contribution in [0.25, 0.3) is 0 Å². The minimum absolute atomic E-state index is 0.0633. The van der Waals surface area contributed by atoms with Crippen molar-refractivity contribution in [3.05, 3.63) is 0 Å². The predicted octanol–water partition coefficient (Wildman–Crippen LogP) is -2.86. The van der Waals surface area contributed by atoms with Crippen LogP contribution < -0.4 is 32.7 Å². The molecule has 0 aromatic heterocycles. The normalized spacial score (nSPS) is 17.0. The van der Waals surface area contributed by atoms with Gasteiger partial charge in [-0.1, -0.05) is 20.3 Å². The molecule has 0 saturated heterocycles. The van der Waals surface area contributed by atoms with E-state index in [9.17, 15) is 44.1 Å². The highest BCUT2D eigenvalue weighted by Gasteiger charge is 2.36. The molecular formula is C25H46N6O10. The maximum atomic E-state index is 13.1. The second-order valence-corrected chi connectivity index (χ2v) is 10.0. The molecule has 0 aliphatic rings. The number of carbonyl (C=O) groups is 6. The minimum atomic E-state index is -1.64. The summed E-state index contributed by atoms with van der Waals surface area (Å²) in [5.74, 6) is -6.63. The summed E-state index contributed by atoms with van der Waals surface area (Å²) in [7, 11) is 0. The molecule has 12 N–H and O–H groups in total. The van der Waals surface area contributed by atoms with E-state index in [2.05, 4.69) is 21.3 Å². The topological polar surface area (TPSA) is 284 Å². The van der Waals surface area contributed by atoms with Crippen LogP contribution in [0.5, 0.6) is 0 Å². The fourth-order valence-electron chi connectivity index (χ4n) is 3.68. The van der Waals surface area contributed by atoms with Crippen molar-refractivity contribution >= 4 is 35.6 Å². The van der Waals surface area contributed by atoms with Crippen LogP contribution in [-0.4, -0.2) is 105 Å². The Kier molecular flexibility index (Phi) is 17.4. The lowest BCUT2D eigenvalue weighted by Crippen LogP contribution is -2.63. The maximum Gasteiger partial charge on any atom is 0.326 e. The lowest BCUT2D eigenvalue weighted by Gasteiger charge is -2.30. The molecule has 0 aliphatic carbocycles. The largest absolute Gasteiger partial charge is 0.481 e. The Labute approximate surface area is 239 Å². The number of nitrogens with one attached hydrogen (secondary N) is 4. The Morgan fingerprint density at radius 3 is 1.59 bits per heavy atom. The third-order valence-corrected chi connectivity index (χ3v) is 6.49. The van der Waals surface area contributed by atoms with E-state index in [-0.39, 0.29) is 19.3 Å². The Morgan fingerprint density at radius 2 is 1.17 bits per heavy atom. The summed E-state index contributed by atoms with van der Waals surface area (Å²) >= 11 is 0. The molecule has 0 heterocycles. The van der Waals surface area contributed by atoms with E-state index in [0.717, 1.165) is 0 Å². The summed E-state index contributed by atoms with van der Waals surface area (Å²) in [5, 5.41) is 47.9. The van der Waals surface area contributed by atoms with E-state index in [1.807, 2.05) is 0 Å². The summed E-state index contributed by atoms with van der Waals surface area (Å²) in [6.45, 7) is 6.10. The molecule has 0 aliphatic heterocycles. The van der Waals surface area contributed by atoms with Gasteiger partial charge in [0.1, 0.15) is 24.2 Å². The molecule has 8 atom stereocenters. The van der Waals surface area contributed by atoms with Gasteiger partial charge in [-0.25, -0.2) is 4.79 Å². The number of hydrogen-bond acceptors (Lipinski definition) is 10. The highest BCUT2D eigenvalue weighted by Crippen LogP contribution is 2.10. The molecule has 236 valence electrons. The number of nitrogens with two attached hydrogens (primary N) is 2. The zero-order valence-corrected chi connectivity index (χ0v) is 24.0. The smallest absolute Gasteiger partial charge is 0.326 e. The number of carboxylic acids is 2. The monoisotopic (exact) mass is 590 g/mol. The fourth-order valence-corrected chi connectivity index (χ4v) is 3.68. The lowest BCUT2D eigenvalue weighted by atomic mass is 9.96. The van der Waals surface area contributed by atoms with Gasteiger partial charge in [0.25, 0.3) is 0 Å². The van der Waals surface area contributed by atoms with Crippen LogP contribution in [0.15, 0.2) is 0 Å². The number of aliphatic hydroxyl groups excluding tert-OH is 2. The van der Waals surface area contributed by atoms with E-state index < -0.39 is 83.9 Å². The van der Waals surface area contributed by atoms with Crippen molar-refractivity contribution in [3.63, 3.8) is 0 Å². The number of unbranched alkanes of at least 4 members (excludes halogenated alkanes) is 1. The minimum Gasteiger partial charge on any atom is -0.481 e. The van der Waals surface area contributed by atoms with Crippen molar-refractivity contribution in [3.8, 4) is 0 Å². The van der Waals surface area contributed by atoms with Crippen LogP contribution >= 0.6 is 0 Å². The van der Waals surface area contributed by atoms with Gasteiger partial charge in [-0.2, -0.15) is 0 Å². The van der Waals surface area contributed by atoms with Crippen molar-refractivity contribution in [2.75, 3.05) is 6.54 Å². The van der Waals surface area contributed by atoms with E-state index in [1.54, 1.807) is 13.8 Å². The maximum absolute atomic E-state index is 13.1. The van der Waals surface area contributed by atoms with Gasteiger partial charge >= 0.3 is 11.9 Å². The molecule has 0 rings (SSSR count). The van der Waals surface area contributed by atoms with Crippen LogP contribution in [0.3, 0.4) is 0 Å². The average Bonchev–Trinajstić information content (AvgIpc) is 2.89. The van der Waals surface area contributed by atoms with Gasteiger partial charge in [0.15, 0.2) is 0 Å². The number of carboxylic acid groups (broad SMARTS) is 2. The van der Waals surface area contributed by atoms with Crippen LogP contribution in [0.1, 0.15) is 66.2 Å². The molecule has 0 saturated carbocycles. The number of hydrogen-bond donors (Lipinski definition) is 10. The molecule has 0 aromatic rings. The van der Waals surface area contributed by atoms with Gasteiger partial charge < -0.3 is 53.2 Å². The van der Waals surface area contributed by atoms with Crippen molar-refractivity contribution < 1.29 is 49.2 Å². The molecule has 0 bridgehead atoms. The zero-order chi connectivity index (χ0) is 31.9. The first kappa shape index (κ1) is 37.7. The van der Waals surface area contributed by atoms with Gasteiger partial charge in [0.05, 0.1) is 18.2 Å². The summed E-state index contributed by atoms with van der Waals surface area (Å²) in [4.78, 5) is 73.8. The van der Waals surface area contributed by atoms with E-state index in [4.69, 9.17) is 16.6 Å². The summed E-state index contributed by atoms with van der Waals surface area (Å²) < 4.78 is 0. The van der Waals surface area contributed by atoms with Gasteiger partial charge in [0.2, 0.25) is 23.6 Å². The van der Waals surface area contributed by atoms with Crippen LogP contribution in [-0.2, 0) is 28.8 Å². The second-order valence-electron chi connectivity index (χ2n) is 10.0. The molecule has 0 fully saturated rings. The molecule has 0 spiro atoms. The fraction of sp³-hybridized carbons (Fsp3) is 0.760. The number of rotatable bonds is 20. The number of aliphatic hydroxyl groups is 2. The summed E-state index contributed by atoms with van der Waals surface area (Å²) in [6, 6.07) is -6.99. The Bertz CT molecular complexity index is 900. The highest BCUT2D eigenvalue weighted by molar-refractivity contribution is 5.96. The molecular weight excluding hydrogens is 544 g/mol. The first-order valence-electron chi connectivity index (χ1n) is 13.5. The summed E-state index contributed by atoms with van der Waals surface area (Å²) in [6.07, 6.45) is -2.10. The third-order valence-electron chi connectivity index (χ3n) is 6.49. The molecule has 41 heavy (non-hydrogen) atoms. The van der Waals surface area contributed by atoms with Crippen LogP contribution in [0, 0.1) is 5.92 Å². The Balaban J connectivity index is 5.67.